The fourth-order valence-corrected chi connectivity index (χ4v) is 1.29. The van der Waals surface area contributed by atoms with Gasteiger partial charge in [-0.15, -0.1) is 12.1 Å². The number of ether oxygens (including phenoxy) is 1. The van der Waals surface area contributed by atoms with Gasteiger partial charge in [0, 0.05) is 24.6 Å². The molecular weight excluding hydrogens is 225 g/mol. The van der Waals surface area contributed by atoms with Crippen LogP contribution in [0.3, 0.4) is 0 Å². The van der Waals surface area contributed by atoms with Crippen molar-refractivity contribution in [3.8, 4) is 11.5 Å². The van der Waals surface area contributed by atoms with E-state index in [0.29, 0.717) is 0 Å². The van der Waals surface area contributed by atoms with Crippen LogP contribution >= 0.6 is 0 Å². The van der Waals surface area contributed by atoms with E-state index in [2.05, 4.69) is 11.4 Å². The second kappa shape index (κ2) is 7.09. The van der Waals surface area contributed by atoms with Gasteiger partial charge in [-0.2, -0.15) is 18.2 Å². The zero-order chi connectivity index (χ0) is 10.5. The number of hydrogen-bond donors (Lipinski definition) is 1. The summed E-state index contributed by atoms with van der Waals surface area (Å²) in [7, 11) is 1.88. The van der Waals surface area contributed by atoms with Crippen LogP contribution in [0.5, 0.6) is 11.5 Å². The van der Waals surface area contributed by atoms with Crippen molar-refractivity contribution in [3.05, 3.63) is 54.6 Å². The normalized spacial score (nSPS) is 9.06. The molecule has 2 aromatic carbocycles. The SMILES string of the molecule is CNc1cccc(Oc2c[c-]ccc2)c1.[K+]. The first-order valence-electron chi connectivity index (χ1n) is 4.80. The van der Waals surface area contributed by atoms with Crippen molar-refractivity contribution >= 4 is 5.69 Å². The van der Waals surface area contributed by atoms with Gasteiger partial charge in [-0.1, -0.05) is 6.07 Å². The third kappa shape index (κ3) is 3.92. The maximum absolute atomic E-state index is 5.65. The number of anilines is 1. The van der Waals surface area contributed by atoms with Crippen molar-refractivity contribution in [2.45, 2.75) is 0 Å². The van der Waals surface area contributed by atoms with E-state index in [0.717, 1.165) is 17.2 Å². The zero-order valence-electron chi connectivity index (χ0n) is 9.53. The average molecular weight is 237 g/mol. The molecule has 0 atom stereocenters. The summed E-state index contributed by atoms with van der Waals surface area (Å²) < 4.78 is 5.65. The Morgan fingerprint density at radius 2 is 1.94 bits per heavy atom. The van der Waals surface area contributed by atoms with Gasteiger partial charge in [0.1, 0.15) is 5.75 Å². The van der Waals surface area contributed by atoms with Crippen molar-refractivity contribution < 1.29 is 56.1 Å². The van der Waals surface area contributed by atoms with Gasteiger partial charge in [0.05, 0.1) is 0 Å². The molecule has 0 saturated heterocycles. The number of rotatable bonds is 3. The molecule has 0 heterocycles. The maximum atomic E-state index is 5.65. The van der Waals surface area contributed by atoms with E-state index in [1.807, 2.05) is 55.6 Å². The molecule has 0 saturated carbocycles. The maximum Gasteiger partial charge on any atom is 1.00 e. The second-order valence-corrected chi connectivity index (χ2v) is 3.12. The van der Waals surface area contributed by atoms with Crippen LogP contribution in [-0.4, -0.2) is 7.05 Å². The standard InChI is InChI=1S/C13H12NO.K/c1-14-11-6-5-9-13(10-11)15-12-7-3-2-4-8-12;/h2-3,5-10,14H,1H3;/q-1;+1. The topological polar surface area (TPSA) is 21.3 Å². The predicted octanol–water partition coefficient (Wildman–Crippen LogP) is 0.325. The Balaban J connectivity index is 0.00000128. The van der Waals surface area contributed by atoms with Crippen LogP contribution in [0.15, 0.2) is 48.5 Å². The van der Waals surface area contributed by atoms with Crippen LogP contribution in [0.4, 0.5) is 5.69 Å². The number of hydrogen-bond acceptors (Lipinski definition) is 2. The molecule has 0 radical (unpaired) electrons. The fraction of sp³-hybridized carbons (Fsp3) is 0.0769. The Labute approximate surface area is 138 Å². The quantitative estimate of drug-likeness (QED) is 0.613. The molecule has 0 unspecified atom stereocenters. The van der Waals surface area contributed by atoms with Crippen molar-refractivity contribution in [3.63, 3.8) is 0 Å². The zero-order valence-corrected chi connectivity index (χ0v) is 12.7. The second-order valence-electron chi connectivity index (χ2n) is 3.12. The van der Waals surface area contributed by atoms with E-state index >= 15 is 0 Å². The molecule has 2 rings (SSSR count). The largest absolute Gasteiger partial charge is 1.00 e. The average Bonchev–Trinajstić information content (AvgIpc) is 2.31. The summed E-state index contributed by atoms with van der Waals surface area (Å²) in [4.78, 5) is 0. The molecule has 0 aromatic heterocycles. The van der Waals surface area contributed by atoms with Crippen LogP contribution in [0, 0.1) is 6.07 Å². The number of benzene rings is 2. The molecule has 0 amide bonds. The molecule has 3 heteroatoms. The van der Waals surface area contributed by atoms with Gasteiger partial charge >= 0.3 is 51.4 Å². The van der Waals surface area contributed by atoms with Crippen molar-refractivity contribution in [1.29, 1.82) is 0 Å². The summed E-state index contributed by atoms with van der Waals surface area (Å²) in [5.74, 6) is 1.62. The van der Waals surface area contributed by atoms with Crippen LogP contribution < -0.4 is 61.4 Å². The van der Waals surface area contributed by atoms with Gasteiger partial charge in [-0.25, -0.2) is 0 Å². The summed E-state index contributed by atoms with van der Waals surface area (Å²) in [6.45, 7) is 0. The Bertz CT molecular complexity index is 431. The third-order valence-electron chi connectivity index (χ3n) is 2.04. The van der Waals surface area contributed by atoms with Crippen molar-refractivity contribution in [2.75, 3.05) is 12.4 Å². The molecule has 0 aliphatic rings. The Kier molecular flexibility index (Phi) is 6.09. The Morgan fingerprint density at radius 3 is 2.62 bits per heavy atom. The van der Waals surface area contributed by atoms with Gasteiger partial charge < -0.3 is 10.1 Å². The smallest absolute Gasteiger partial charge is 0.517 e. The molecule has 0 aliphatic heterocycles. The molecule has 1 N–H and O–H groups in total. The molecule has 2 aromatic rings. The van der Waals surface area contributed by atoms with E-state index in [1.165, 1.54) is 0 Å². The minimum Gasteiger partial charge on any atom is -0.517 e. The van der Waals surface area contributed by atoms with Crippen molar-refractivity contribution in [1.82, 2.24) is 0 Å². The first kappa shape index (κ1) is 13.7. The fourth-order valence-electron chi connectivity index (χ4n) is 1.29. The minimum absolute atomic E-state index is 0. The first-order chi connectivity index (χ1) is 7.38. The molecule has 16 heavy (non-hydrogen) atoms. The summed E-state index contributed by atoms with van der Waals surface area (Å²) in [5, 5.41) is 3.07. The van der Waals surface area contributed by atoms with Crippen LogP contribution in [-0.2, 0) is 0 Å². The first-order valence-corrected chi connectivity index (χ1v) is 4.80. The predicted molar refractivity (Wildman–Crippen MR) is 61.3 cm³/mol. The van der Waals surface area contributed by atoms with E-state index in [1.54, 1.807) is 0 Å². The van der Waals surface area contributed by atoms with Gasteiger partial charge in [0.2, 0.25) is 0 Å². The van der Waals surface area contributed by atoms with Gasteiger partial charge in [-0.3, -0.25) is 0 Å². The van der Waals surface area contributed by atoms with Crippen LogP contribution in [0.1, 0.15) is 0 Å². The summed E-state index contributed by atoms with van der Waals surface area (Å²) in [6.07, 6.45) is 0. The Hall–Kier alpha value is -0.324. The van der Waals surface area contributed by atoms with Crippen LogP contribution in [0.2, 0.25) is 0 Å². The van der Waals surface area contributed by atoms with Gasteiger partial charge in [-0.05, 0) is 12.1 Å². The molecule has 0 bridgehead atoms. The summed E-state index contributed by atoms with van der Waals surface area (Å²) in [5.41, 5.74) is 1.03. The van der Waals surface area contributed by atoms with E-state index in [4.69, 9.17) is 4.74 Å². The molecule has 76 valence electrons. The summed E-state index contributed by atoms with van der Waals surface area (Å²) in [6, 6.07) is 18.2. The van der Waals surface area contributed by atoms with Gasteiger partial charge in [0.25, 0.3) is 0 Å². The monoisotopic (exact) mass is 237 g/mol. The van der Waals surface area contributed by atoms with E-state index in [9.17, 15) is 0 Å². The summed E-state index contributed by atoms with van der Waals surface area (Å²) >= 11 is 0. The Morgan fingerprint density at radius 1 is 1.12 bits per heavy atom. The van der Waals surface area contributed by atoms with E-state index < -0.39 is 0 Å². The minimum atomic E-state index is 0. The molecular formula is C13H12KNO. The molecule has 0 aliphatic carbocycles. The molecule has 2 nitrogen and oxygen atoms in total. The molecule has 0 fully saturated rings. The molecule has 0 spiro atoms. The third-order valence-corrected chi connectivity index (χ3v) is 2.04. The van der Waals surface area contributed by atoms with E-state index in [-0.39, 0.29) is 51.4 Å². The van der Waals surface area contributed by atoms with Gasteiger partial charge in [0.15, 0.2) is 0 Å². The van der Waals surface area contributed by atoms with Crippen molar-refractivity contribution in [2.24, 2.45) is 0 Å². The number of nitrogens with one attached hydrogen (secondary N) is 1. The van der Waals surface area contributed by atoms with Crippen LogP contribution in [0.25, 0.3) is 0 Å².